The number of carbonyl (C=O) groups excluding carboxylic acids is 4. The molecule has 10 N–H and O–H groups in total. The molecule has 4 unspecified atom stereocenters. The fourth-order valence-electron chi connectivity index (χ4n) is 3.05. The van der Waals surface area contributed by atoms with Gasteiger partial charge in [-0.3, -0.25) is 19.2 Å². The molecular weight excluding hydrogens is 494 g/mol. The van der Waals surface area contributed by atoms with E-state index in [2.05, 4.69) is 16.0 Å². The normalized spacial score (nSPS) is 14.1. The van der Waals surface area contributed by atoms with E-state index in [0.717, 1.165) is 0 Å². The summed E-state index contributed by atoms with van der Waals surface area (Å²) in [6.07, 6.45) is 1.63. The predicted octanol–water partition coefficient (Wildman–Crippen LogP) is -2.19. The van der Waals surface area contributed by atoms with Crippen molar-refractivity contribution in [2.75, 3.05) is 18.6 Å². The Morgan fingerprint density at radius 1 is 0.917 bits per heavy atom. The van der Waals surface area contributed by atoms with E-state index in [-0.39, 0.29) is 31.4 Å². The summed E-state index contributed by atoms with van der Waals surface area (Å²) >= 11 is 1.42. The first-order valence-corrected chi connectivity index (χ1v) is 12.4. The highest BCUT2D eigenvalue weighted by molar-refractivity contribution is 7.98. The smallest absolute Gasteiger partial charge is 0.328 e. The van der Waals surface area contributed by atoms with Gasteiger partial charge in [0.15, 0.2) is 0 Å². The zero-order valence-corrected chi connectivity index (χ0v) is 20.6. The van der Waals surface area contributed by atoms with E-state index in [9.17, 15) is 29.1 Å². The summed E-state index contributed by atoms with van der Waals surface area (Å²) in [5.74, 6) is -3.98. The minimum absolute atomic E-state index is 0.0640. The number of nitrogens with two attached hydrogens (primary N) is 2. The molecule has 0 saturated heterocycles. The molecule has 0 spiro atoms. The number of benzene rings is 1. The minimum atomic E-state index is -1.62. The number of rotatable bonds is 16. The molecule has 0 aliphatic carbocycles. The molecule has 0 radical (unpaired) electrons. The average Bonchev–Trinajstić information content (AvgIpc) is 2.83. The van der Waals surface area contributed by atoms with E-state index in [1.807, 2.05) is 0 Å². The van der Waals surface area contributed by atoms with Gasteiger partial charge in [-0.15, -0.1) is 0 Å². The van der Waals surface area contributed by atoms with Crippen molar-refractivity contribution in [3.8, 4) is 5.75 Å². The molecule has 0 aliphatic heterocycles. The number of thioether (sulfide) groups is 1. The van der Waals surface area contributed by atoms with E-state index < -0.39 is 60.4 Å². The van der Waals surface area contributed by atoms with Crippen LogP contribution in [0.3, 0.4) is 0 Å². The van der Waals surface area contributed by atoms with Crippen molar-refractivity contribution in [3.05, 3.63) is 29.8 Å². The first-order chi connectivity index (χ1) is 17.0. The van der Waals surface area contributed by atoms with Gasteiger partial charge >= 0.3 is 5.97 Å². The molecule has 0 aromatic heterocycles. The Hall–Kier alpha value is -3.36. The molecule has 200 valence electrons. The van der Waals surface area contributed by atoms with E-state index in [1.54, 1.807) is 18.4 Å². The minimum Gasteiger partial charge on any atom is -0.508 e. The molecular formula is C22H33N5O8S. The van der Waals surface area contributed by atoms with Gasteiger partial charge in [0.1, 0.15) is 23.9 Å². The number of carboxylic acids is 1. The number of aliphatic hydroxyl groups excluding tert-OH is 1. The summed E-state index contributed by atoms with van der Waals surface area (Å²) in [5, 5.41) is 34.7. The third-order valence-electron chi connectivity index (χ3n) is 5.08. The summed E-state index contributed by atoms with van der Waals surface area (Å²) < 4.78 is 0. The summed E-state index contributed by atoms with van der Waals surface area (Å²) in [4.78, 5) is 60.6. The number of nitrogens with one attached hydrogen (secondary N) is 3. The van der Waals surface area contributed by atoms with Gasteiger partial charge in [0.25, 0.3) is 0 Å². The molecule has 0 fully saturated rings. The lowest BCUT2D eigenvalue weighted by atomic mass is 10.0. The van der Waals surface area contributed by atoms with Crippen LogP contribution in [0.4, 0.5) is 0 Å². The number of carboxylic acid groups (broad SMARTS) is 1. The predicted molar refractivity (Wildman–Crippen MR) is 132 cm³/mol. The van der Waals surface area contributed by atoms with Gasteiger partial charge in [0, 0.05) is 6.42 Å². The van der Waals surface area contributed by atoms with Crippen molar-refractivity contribution in [2.24, 2.45) is 11.5 Å². The second kappa shape index (κ2) is 15.6. The highest BCUT2D eigenvalue weighted by atomic mass is 32.2. The number of phenolic OH excluding ortho intramolecular Hbond substituents is 1. The van der Waals surface area contributed by atoms with Crippen LogP contribution in [0, 0.1) is 0 Å². The van der Waals surface area contributed by atoms with Crippen LogP contribution >= 0.6 is 11.8 Å². The Kier molecular flexibility index (Phi) is 13.3. The molecule has 1 aromatic rings. The second-order valence-corrected chi connectivity index (χ2v) is 8.95. The quantitative estimate of drug-likeness (QED) is 0.116. The Balaban J connectivity index is 2.94. The standard InChI is InChI=1S/C22H33N5O8S/c1-36-9-8-16(25-19(31)14(23)10-12-2-4-13(29)5-3-12)21(33)26-15(6-7-18(24)30)20(32)27-17(11-28)22(34)35/h2-5,14-17,28-29H,6-11,23H2,1H3,(H2,24,30)(H,25,31)(H,26,33)(H,27,32)(H,34,35). The van der Waals surface area contributed by atoms with Gasteiger partial charge in [0.05, 0.1) is 12.6 Å². The summed E-state index contributed by atoms with van der Waals surface area (Å²) in [6.45, 7) is -0.886. The second-order valence-electron chi connectivity index (χ2n) is 7.97. The lowest BCUT2D eigenvalue weighted by Crippen LogP contribution is -2.57. The Labute approximate surface area is 212 Å². The molecule has 14 heteroatoms. The van der Waals surface area contributed by atoms with Crippen LogP contribution in [-0.2, 0) is 30.4 Å². The molecule has 13 nitrogen and oxygen atoms in total. The van der Waals surface area contributed by atoms with Crippen molar-refractivity contribution < 1.29 is 39.3 Å². The zero-order chi connectivity index (χ0) is 27.3. The molecule has 0 heterocycles. The number of aliphatic hydroxyl groups is 1. The molecule has 0 aliphatic rings. The highest BCUT2D eigenvalue weighted by Gasteiger charge is 2.30. The van der Waals surface area contributed by atoms with Gasteiger partial charge in [0.2, 0.25) is 23.6 Å². The molecule has 4 amide bonds. The highest BCUT2D eigenvalue weighted by Crippen LogP contribution is 2.11. The fourth-order valence-corrected chi connectivity index (χ4v) is 3.52. The lowest BCUT2D eigenvalue weighted by molar-refractivity contribution is -0.143. The van der Waals surface area contributed by atoms with Gasteiger partial charge in [-0.1, -0.05) is 12.1 Å². The lowest BCUT2D eigenvalue weighted by Gasteiger charge is -2.25. The molecule has 1 rings (SSSR count). The first kappa shape index (κ1) is 30.7. The van der Waals surface area contributed by atoms with Gasteiger partial charge in [-0.25, -0.2) is 4.79 Å². The summed E-state index contributed by atoms with van der Waals surface area (Å²) in [6, 6.07) is 1.09. The van der Waals surface area contributed by atoms with Crippen LogP contribution in [0.25, 0.3) is 0 Å². The molecule has 1 aromatic carbocycles. The van der Waals surface area contributed by atoms with Crippen LogP contribution in [-0.4, -0.2) is 87.7 Å². The number of hydrogen-bond acceptors (Lipinski definition) is 9. The van der Waals surface area contributed by atoms with E-state index in [4.69, 9.17) is 21.7 Å². The van der Waals surface area contributed by atoms with Crippen LogP contribution in [0.5, 0.6) is 5.75 Å². The largest absolute Gasteiger partial charge is 0.508 e. The average molecular weight is 528 g/mol. The molecule has 4 atom stereocenters. The van der Waals surface area contributed by atoms with Crippen molar-refractivity contribution in [3.63, 3.8) is 0 Å². The number of amides is 4. The summed E-state index contributed by atoms with van der Waals surface area (Å²) in [5.41, 5.74) is 11.8. The zero-order valence-electron chi connectivity index (χ0n) is 19.8. The van der Waals surface area contributed by atoms with Crippen molar-refractivity contribution >= 4 is 41.4 Å². The van der Waals surface area contributed by atoms with Crippen LogP contribution in [0.1, 0.15) is 24.8 Å². The molecule has 36 heavy (non-hydrogen) atoms. The third-order valence-corrected chi connectivity index (χ3v) is 5.73. The van der Waals surface area contributed by atoms with Gasteiger partial charge in [-0.05, 0) is 49.0 Å². The number of primary amides is 1. The molecule has 0 bridgehead atoms. The Morgan fingerprint density at radius 3 is 1.94 bits per heavy atom. The van der Waals surface area contributed by atoms with Crippen molar-refractivity contribution in [1.29, 1.82) is 0 Å². The Bertz CT molecular complexity index is 914. The van der Waals surface area contributed by atoms with Crippen LogP contribution in [0.15, 0.2) is 24.3 Å². The van der Waals surface area contributed by atoms with Gasteiger partial charge < -0.3 is 42.7 Å². The number of carbonyl (C=O) groups is 5. The summed E-state index contributed by atoms with van der Waals surface area (Å²) in [7, 11) is 0. The number of aliphatic carboxylic acids is 1. The van der Waals surface area contributed by atoms with Crippen molar-refractivity contribution in [1.82, 2.24) is 16.0 Å². The Morgan fingerprint density at radius 2 is 1.44 bits per heavy atom. The number of aromatic hydroxyl groups is 1. The van der Waals surface area contributed by atoms with Crippen molar-refractivity contribution in [2.45, 2.75) is 49.9 Å². The maximum absolute atomic E-state index is 13.0. The van der Waals surface area contributed by atoms with Gasteiger partial charge in [-0.2, -0.15) is 11.8 Å². The third kappa shape index (κ3) is 10.9. The SMILES string of the molecule is CSCCC(NC(=O)C(N)Cc1ccc(O)cc1)C(=O)NC(CCC(N)=O)C(=O)NC(CO)C(=O)O. The van der Waals surface area contributed by atoms with Crippen LogP contribution in [0.2, 0.25) is 0 Å². The number of hydrogen-bond donors (Lipinski definition) is 8. The van der Waals surface area contributed by atoms with E-state index in [0.29, 0.717) is 11.3 Å². The fraction of sp³-hybridized carbons (Fsp3) is 0.500. The maximum atomic E-state index is 13.0. The number of phenols is 1. The topological polar surface area (TPSA) is 234 Å². The van der Waals surface area contributed by atoms with E-state index in [1.165, 1.54) is 23.9 Å². The molecule has 0 saturated carbocycles. The van der Waals surface area contributed by atoms with E-state index >= 15 is 0 Å². The van der Waals surface area contributed by atoms with Crippen LogP contribution < -0.4 is 27.4 Å². The maximum Gasteiger partial charge on any atom is 0.328 e. The monoisotopic (exact) mass is 527 g/mol. The first-order valence-electron chi connectivity index (χ1n) is 11.0.